The first-order valence-electron chi connectivity index (χ1n) is 19.1. The lowest BCUT2D eigenvalue weighted by Gasteiger charge is -2.44. The van der Waals surface area contributed by atoms with Crippen LogP contribution in [0.15, 0.2) is 81.6 Å². The Morgan fingerprint density at radius 3 is 0.686 bits per heavy atom. The van der Waals surface area contributed by atoms with Crippen molar-refractivity contribution in [1.82, 2.24) is 0 Å². The Morgan fingerprint density at radius 2 is 0.471 bits per heavy atom. The van der Waals surface area contributed by atoms with Crippen molar-refractivity contribution in [3.05, 3.63) is 208 Å². The topological polar surface area (TPSA) is 26.3 Å². The van der Waals surface area contributed by atoms with E-state index in [1.807, 2.05) is 12.1 Å². The molecule has 70 heavy (non-hydrogen) atoms. The summed E-state index contributed by atoms with van der Waals surface area (Å²) < 4.78 is 308. The number of furan rings is 2. The van der Waals surface area contributed by atoms with Crippen molar-refractivity contribution >= 4 is 28.0 Å². The molecule has 0 N–H and O–H groups in total. The average molecular weight is 1120 g/mol. The van der Waals surface area contributed by atoms with Gasteiger partial charge in [-0.1, -0.05) is 59.7 Å². The molecule has 0 bridgehead atoms. The van der Waals surface area contributed by atoms with E-state index >= 15 is 35.1 Å². The van der Waals surface area contributed by atoms with Crippen molar-refractivity contribution in [2.45, 2.75) is 13.8 Å². The highest BCUT2D eigenvalue weighted by Crippen LogP contribution is 2.31. The number of halogens is 21. The van der Waals surface area contributed by atoms with Gasteiger partial charge < -0.3 is 8.83 Å². The fraction of sp³-hybridized carbons (Fsp3) is 0.0435. The fourth-order valence-corrected chi connectivity index (χ4v) is 9.38. The normalized spacial score (nSPS) is 11.6. The summed E-state index contributed by atoms with van der Waals surface area (Å²) in [5, 5.41) is 0. The smallest absolute Gasteiger partial charge is 0.418 e. The van der Waals surface area contributed by atoms with Crippen molar-refractivity contribution in [2.24, 2.45) is 0 Å². The van der Waals surface area contributed by atoms with Crippen LogP contribution in [0.2, 0.25) is 0 Å². The molecule has 0 saturated heterocycles. The van der Waals surface area contributed by atoms with E-state index in [4.69, 9.17) is 8.83 Å². The maximum absolute atomic E-state index is 15.4. The second-order valence-corrected chi connectivity index (χ2v) is 17.5. The van der Waals surface area contributed by atoms with Crippen molar-refractivity contribution in [3.8, 4) is 22.6 Å². The third kappa shape index (κ3) is 8.35. The van der Waals surface area contributed by atoms with E-state index in [0.29, 0.717) is 0 Å². The van der Waals surface area contributed by atoms with Crippen LogP contribution in [0.5, 0.6) is 0 Å². The molecule has 0 aliphatic rings. The third-order valence-corrected chi connectivity index (χ3v) is 12.9. The first kappa shape index (κ1) is 51.1. The number of rotatable bonds is 8. The van der Waals surface area contributed by atoms with Crippen LogP contribution >= 0.6 is 0 Å². The molecule has 0 amide bonds. The summed E-state index contributed by atoms with van der Waals surface area (Å²) in [6.07, 6.45) is -7.22. The van der Waals surface area contributed by atoms with Crippen LogP contribution in [0.4, 0.5) is 87.8 Å². The van der Waals surface area contributed by atoms with Crippen LogP contribution in [-0.2, 0) is 0 Å². The Labute approximate surface area is 389 Å². The number of hydrogen-bond acceptors (Lipinski definition) is 2. The Bertz CT molecular complexity index is 2910. The summed E-state index contributed by atoms with van der Waals surface area (Å²) >= 11 is -0.460. The predicted molar refractivity (Wildman–Crippen MR) is 204 cm³/mol. The second-order valence-electron chi connectivity index (χ2n) is 14.8. The third-order valence-electron chi connectivity index (χ3n) is 10.7. The zero-order valence-electron chi connectivity index (χ0n) is 34.3. The quantitative estimate of drug-likeness (QED) is 0.0501. The first-order chi connectivity index (χ1) is 32.9. The zero-order valence-corrected chi connectivity index (χ0v) is 36.4. The van der Waals surface area contributed by atoms with Gasteiger partial charge in [-0.2, -0.15) is 0 Å². The summed E-state index contributed by atoms with van der Waals surface area (Å²) in [7, 11) is 0. The van der Waals surface area contributed by atoms with E-state index in [1.54, 1.807) is 0 Å². The van der Waals surface area contributed by atoms with E-state index in [-0.39, 0.29) is 0 Å². The lowest BCUT2D eigenvalue weighted by molar-refractivity contribution is -0.635. The molecule has 0 unspecified atom stereocenters. The lowest BCUT2D eigenvalue weighted by atomic mass is 9.12. The van der Waals surface area contributed by atoms with Crippen molar-refractivity contribution in [3.63, 3.8) is 0 Å². The Balaban J connectivity index is 0.000000242. The van der Waals surface area contributed by atoms with Gasteiger partial charge in [0.05, 0.1) is 0 Å². The Morgan fingerprint density at radius 1 is 0.271 bits per heavy atom. The standard InChI is InChI=1S/C24BF20.C22H18IO2/c26-5-1(6(27)14(35)21(42)13(5)34)25(2-7(28)15(36)22(43)16(37)8(2)29,3-9(30)17(38)23(44)18(39)10(3)31)4-11(32)19(40)24(45)20(41)12(4)33;1-15-3-7-17(8-4-15)19-11-13-21(24-19)23-22-14-12-20(25-22)18-9-5-16(2)6-10-18/h;3-14H,1-2H3/q-1;+1. The molecule has 2 aromatic heterocycles. The minimum atomic E-state index is -7.22. The van der Waals surface area contributed by atoms with Gasteiger partial charge in [0, 0.05) is 23.3 Å². The number of benzene rings is 6. The molecule has 2 nitrogen and oxygen atoms in total. The van der Waals surface area contributed by atoms with Crippen LogP contribution in [0.25, 0.3) is 22.6 Å². The first-order valence-corrected chi connectivity index (χ1v) is 21.3. The van der Waals surface area contributed by atoms with Gasteiger partial charge in [0.25, 0.3) is 0 Å². The molecule has 0 fully saturated rings. The molecule has 0 saturated carbocycles. The minimum absolute atomic E-state index is 0.460. The van der Waals surface area contributed by atoms with Gasteiger partial charge in [-0.25, -0.2) is 87.8 Å². The molecule has 8 rings (SSSR count). The van der Waals surface area contributed by atoms with Crippen LogP contribution in [0, 0.1) is 138 Å². The zero-order chi connectivity index (χ0) is 51.6. The highest BCUT2D eigenvalue weighted by molar-refractivity contribution is 7.20. The van der Waals surface area contributed by atoms with Gasteiger partial charge >= 0.3 is 28.7 Å². The average Bonchev–Trinajstić information content (AvgIpc) is 4.02. The molecule has 0 atom stereocenters. The molecule has 0 radical (unpaired) electrons. The highest BCUT2D eigenvalue weighted by atomic mass is 127. The highest BCUT2D eigenvalue weighted by Gasteiger charge is 2.52. The second kappa shape index (κ2) is 19.2. The molecule has 0 spiro atoms. The molecule has 2 heterocycles. The molecule has 364 valence electrons. The molecule has 0 aliphatic heterocycles. The molecular weight excluding hydrogens is 1100 g/mol. The van der Waals surface area contributed by atoms with Crippen molar-refractivity contribution in [1.29, 1.82) is 0 Å². The lowest BCUT2D eigenvalue weighted by Crippen LogP contribution is -3.61. The molecule has 8 aromatic rings. The number of hydrogen-bond donors (Lipinski definition) is 0. The fourth-order valence-electron chi connectivity index (χ4n) is 7.44. The summed E-state index contributed by atoms with van der Waals surface area (Å²) in [5.74, 6) is -69.6. The molecule has 6 aromatic carbocycles. The molecule has 24 heteroatoms. The van der Waals surface area contributed by atoms with Gasteiger partial charge in [-0.3, -0.25) is 0 Å². The Hall–Kier alpha value is -6.73. The van der Waals surface area contributed by atoms with Gasteiger partial charge in [0.1, 0.15) is 64.2 Å². The van der Waals surface area contributed by atoms with Gasteiger partial charge in [-0.15, -0.1) is 21.9 Å². The predicted octanol–water partition coefficient (Wildman–Crippen LogP) is 8.80. The van der Waals surface area contributed by atoms with Crippen LogP contribution < -0.4 is 43.1 Å². The van der Waals surface area contributed by atoms with Gasteiger partial charge in [0.15, 0.2) is 69.8 Å². The largest absolute Gasteiger partial charge is 0.443 e. The van der Waals surface area contributed by atoms with E-state index in [2.05, 4.69) is 74.5 Å². The van der Waals surface area contributed by atoms with E-state index in [9.17, 15) is 52.7 Å². The van der Waals surface area contributed by atoms with Crippen LogP contribution in [0.1, 0.15) is 11.1 Å². The minimum Gasteiger partial charge on any atom is -0.418 e. The van der Waals surface area contributed by atoms with Crippen molar-refractivity contribution in [2.75, 3.05) is 0 Å². The van der Waals surface area contributed by atoms with Crippen molar-refractivity contribution < 1.29 is 118 Å². The van der Waals surface area contributed by atoms with Crippen LogP contribution in [0.3, 0.4) is 0 Å². The van der Waals surface area contributed by atoms with Crippen LogP contribution in [-0.4, -0.2) is 6.15 Å². The van der Waals surface area contributed by atoms with Gasteiger partial charge in [-0.05, 0) is 26.0 Å². The summed E-state index contributed by atoms with van der Waals surface area (Å²) in [6, 6.07) is 25.0. The summed E-state index contributed by atoms with van der Waals surface area (Å²) in [5.41, 5.74) is -9.60. The summed E-state index contributed by atoms with van der Waals surface area (Å²) in [4.78, 5) is 0. The van der Waals surface area contributed by atoms with E-state index in [0.717, 1.165) is 30.2 Å². The summed E-state index contributed by atoms with van der Waals surface area (Å²) in [6.45, 7) is 4.18. The van der Waals surface area contributed by atoms with E-state index < -0.39 is 166 Å². The molecule has 0 aliphatic carbocycles. The maximum Gasteiger partial charge on any atom is 0.443 e. The SMILES string of the molecule is Cc1ccc(-c2ccc([I+]c3ccc(-c4ccc(C)cc4)o3)o2)cc1.Fc1c(F)c(F)c([B-](c2c(F)c(F)c(F)c(F)c2F)(c2c(F)c(F)c(F)c(F)c2F)c2c(F)c(F)c(F)c(F)c2F)c(F)c1F. The Kier molecular flexibility index (Phi) is 14.0. The number of aryl methyl sites for hydroxylation is 2. The molecular formula is C46H18BF20IO2. The monoisotopic (exact) mass is 1120 g/mol. The van der Waals surface area contributed by atoms with Gasteiger partial charge in [0.2, 0.25) is 0 Å². The van der Waals surface area contributed by atoms with E-state index in [1.165, 1.54) is 11.1 Å². The maximum atomic E-state index is 15.4.